The maximum Gasteiger partial charge on any atom is 0.230 e. The van der Waals surface area contributed by atoms with Gasteiger partial charge in [0.15, 0.2) is 0 Å². The highest BCUT2D eigenvalue weighted by Gasteiger charge is 2.32. The molecule has 0 spiro atoms. The zero-order chi connectivity index (χ0) is 10.1. The summed E-state index contributed by atoms with van der Waals surface area (Å²) in [4.78, 5) is 17.3. The molecule has 0 bridgehead atoms. The average Bonchev–Trinajstić information content (AvgIpc) is 2.99. The Labute approximate surface area is 82.7 Å². The molecule has 14 heavy (non-hydrogen) atoms. The van der Waals surface area contributed by atoms with Crippen LogP contribution in [-0.4, -0.2) is 17.9 Å². The Balaban J connectivity index is 2.17. The summed E-state index contributed by atoms with van der Waals surface area (Å²) in [5.74, 6) is 0.980. The van der Waals surface area contributed by atoms with Gasteiger partial charge in [-0.1, -0.05) is 0 Å². The number of anilines is 2. The summed E-state index contributed by atoms with van der Waals surface area (Å²) in [5, 5.41) is 0. The number of hydrogen-bond acceptors (Lipinski definition) is 3. The molecular weight excluding hydrogens is 178 g/mol. The van der Waals surface area contributed by atoms with Gasteiger partial charge in [-0.25, -0.2) is 4.98 Å². The van der Waals surface area contributed by atoms with Crippen molar-refractivity contribution in [2.45, 2.75) is 12.8 Å². The molecule has 1 saturated carbocycles. The second-order valence-corrected chi connectivity index (χ2v) is 3.62. The summed E-state index contributed by atoms with van der Waals surface area (Å²) in [5.41, 5.74) is 6.24. The van der Waals surface area contributed by atoms with Crippen LogP contribution < -0.4 is 10.6 Å². The minimum atomic E-state index is 0.142. The average molecular weight is 191 g/mol. The van der Waals surface area contributed by atoms with Gasteiger partial charge in [0, 0.05) is 30.9 Å². The van der Waals surface area contributed by atoms with Gasteiger partial charge in [-0.3, -0.25) is 9.69 Å². The molecule has 0 radical (unpaired) electrons. The predicted octanol–water partition coefficient (Wildman–Crippen LogP) is 1.04. The van der Waals surface area contributed by atoms with E-state index < -0.39 is 0 Å². The number of nitrogen functional groups attached to an aromatic ring is 1. The second kappa shape index (κ2) is 3.29. The van der Waals surface area contributed by atoms with E-state index in [9.17, 15) is 4.79 Å². The molecule has 0 unspecified atom stereocenters. The first kappa shape index (κ1) is 8.99. The maximum absolute atomic E-state index is 11.7. The number of nitrogens with two attached hydrogens (primary N) is 1. The van der Waals surface area contributed by atoms with Gasteiger partial charge in [0.1, 0.15) is 5.82 Å². The molecule has 0 aromatic carbocycles. The highest BCUT2D eigenvalue weighted by Crippen LogP contribution is 2.31. The number of carbonyl (C=O) groups is 1. The van der Waals surface area contributed by atoms with Crippen LogP contribution in [0.3, 0.4) is 0 Å². The molecule has 1 aliphatic rings. The van der Waals surface area contributed by atoms with E-state index in [1.807, 2.05) is 0 Å². The highest BCUT2D eigenvalue weighted by molar-refractivity contribution is 5.95. The van der Waals surface area contributed by atoms with Crippen molar-refractivity contribution in [3.8, 4) is 0 Å². The van der Waals surface area contributed by atoms with Crippen molar-refractivity contribution >= 4 is 17.4 Å². The molecule has 0 saturated heterocycles. The van der Waals surface area contributed by atoms with Gasteiger partial charge < -0.3 is 5.73 Å². The summed E-state index contributed by atoms with van der Waals surface area (Å²) in [6.45, 7) is 0. The highest BCUT2D eigenvalue weighted by atomic mass is 16.2. The van der Waals surface area contributed by atoms with Crippen molar-refractivity contribution < 1.29 is 4.79 Å². The predicted molar refractivity (Wildman–Crippen MR) is 54.8 cm³/mol. The molecule has 0 aliphatic heterocycles. The van der Waals surface area contributed by atoms with E-state index in [1.165, 1.54) is 0 Å². The Morgan fingerprint density at radius 1 is 1.64 bits per heavy atom. The third-order valence-corrected chi connectivity index (χ3v) is 2.37. The van der Waals surface area contributed by atoms with E-state index in [4.69, 9.17) is 5.73 Å². The lowest BCUT2D eigenvalue weighted by atomic mass is 10.3. The summed E-state index contributed by atoms with van der Waals surface area (Å²) < 4.78 is 0. The van der Waals surface area contributed by atoms with Crippen molar-refractivity contribution in [3.63, 3.8) is 0 Å². The monoisotopic (exact) mass is 191 g/mol. The number of aromatic nitrogens is 1. The van der Waals surface area contributed by atoms with Crippen LogP contribution in [0.25, 0.3) is 0 Å². The minimum Gasteiger partial charge on any atom is -0.399 e. The van der Waals surface area contributed by atoms with Crippen LogP contribution in [0.2, 0.25) is 0 Å². The SMILES string of the molecule is CN(C(=O)C1CC1)c1cc(N)ccn1. The zero-order valence-corrected chi connectivity index (χ0v) is 8.10. The van der Waals surface area contributed by atoms with Gasteiger partial charge in [-0.2, -0.15) is 0 Å². The summed E-state index contributed by atoms with van der Waals surface area (Å²) in [6.07, 6.45) is 3.62. The second-order valence-electron chi connectivity index (χ2n) is 3.62. The Bertz CT molecular complexity index is 360. The van der Waals surface area contributed by atoms with Crippen LogP contribution in [0.4, 0.5) is 11.5 Å². The Kier molecular flexibility index (Phi) is 2.11. The maximum atomic E-state index is 11.7. The molecular formula is C10H13N3O. The number of pyridine rings is 1. The minimum absolute atomic E-state index is 0.142. The van der Waals surface area contributed by atoms with Gasteiger partial charge in [-0.05, 0) is 18.9 Å². The normalized spacial score (nSPS) is 15.2. The Morgan fingerprint density at radius 3 is 2.93 bits per heavy atom. The zero-order valence-electron chi connectivity index (χ0n) is 8.10. The van der Waals surface area contributed by atoms with Crippen LogP contribution in [0, 0.1) is 5.92 Å². The van der Waals surface area contributed by atoms with E-state index in [-0.39, 0.29) is 11.8 Å². The number of rotatable bonds is 2. The molecule has 74 valence electrons. The van der Waals surface area contributed by atoms with Gasteiger partial charge in [0.2, 0.25) is 5.91 Å². The van der Waals surface area contributed by atoms with Crippen LogP contribution in [-0.2, 0) is 4.79 Å². The van der Waals surface area contributed by atoms with Crippen molar-refractivity contribution in [2.75, 3.05) is 17.7 Å². The first-order chi connectivity index (χ1) is 6.68. The van der Waals surface area contributed by atoms with E-state index in [0.717, 1.165) is 12.8 Å². The van der Waals surface area contributed by atoms with Crippen molar-refractivity contribution in [1.82, 2.24) is 4.98 Å². The lowest BCUT2D eigenvalue weighted by Gasteiger charge is -2.15. The summed E-state index contributed by atoms with van der Waals surface area (Å²) in [6, 6.07) is 3.42. The molecule has 2 N–H and O–H groups in total. The molecule has 1 aromatic heterocycles. The fourth-order valence-electron chi connectivity index (χ4n) is 1.33. The van der Waals surface area contributed by atoms with Crippen LogP contribution in [0.15, 0.2) is 18.3 Å². The van der Waals surface area contributed by atoms with Crippen molar-refractivity contribution in [3.05, 3.63) is 18.3 Å². The largest absolute Gasteiger partial charge is 0.399 e. The van der Waals surface area contributed by atoms with Crippen LogP contribution in [0.1, 0.15) is 12.8 Å². The van der Waals surface area contributed by atoms with Crippen molar-refractivity contribution in [1.29, 1.82) is 0 Å². The van der Waals surface area contributed by atoms with E-state index in [0.29, 0.717) is 11.5 Å². The quantitative estimate of drug-likeness (QED) is 0.759. The molecule has 1 fully saturated rings. The van der Waals surface area contributed by atoms with Gasteiger partial charge >= 0.3 is 0 Å². The van der Waals surface area contributed by atoms with E-state index >= 15 is 0 Å². The third kappa shape index (κ3) is 1.69. The standard InChI is InChI=1S/C10H13N3O/c1-13(10(14)7-2-3-7)9-6-8(11)4-5-12-9/h4-7H,2-3H2,1H3,(H2,11,12). The summed E-state index contributed by atoms with van der Waals surface area (Å²) >= 11 is 0. The van der Waals surface area contributed by atoms with Crippen molar-refractivity contribution in [2.24, 2.45) is 5.92 Å². The fourth-order valence-corrected chi connectivity index (χ4v) is 1.33. The number of carbonyl (C=O) groups excluding carboxylic acids is 1. The lowest BCUT2D eigenvalue weighted by molar-refractivity contribution is -0.119. The molecule has 1 heterocycles. The Morgan fingerprint density at radius 2 is 2.36 bits per heavy atom. The van der Waals surface area contributed by atoms with Crippen LogP contribution >= 0.6 is 0 Å². The van der Waals surface area contributed by atoms with Gasteiger partial charge in [0.25, 0.3) is 0 Å². The molecule has 1 amide bonds. The molecule has 1 aromatic rings. The number of hydrogen-bond donors (Lipinski definition) is 1. The first-order valence-corrected chi connectivity index (χ1v) is 4.67. The number of nitrogens with zero attached hydrogens (tertiary/aromatic N) is 2. The smallest absolute Gasteiger partial charge is 0.230 e. The van der Waals surface area contributed by atoms with E-state index in [1.54, 1.807) is 30.3 Å². The van der Waals surface area contributed by atoms with E-state index in [2.05, 4.69) is 4.98 Å². The molecule has 2 rings (SSSR count). The topological polar surface area (TPSA) is 59.2 Å². The van der Waals surface area contributed by atoms with Gasteiger partial charge in [0.05, 0.1) is 0 Å². The molecule has 1 aliphatic carbocycles. The first-order valence-electron chi connectivity index (χ1n) is 4.67. The van der Waals surface area contributed by atoms with Crippen LogP contribution in [0.5, 0.6) is 0 Å². The number of amides is 1. The molecule has 4 nitrogen and oxygen atoms in total. The summed E-state index contributed by atoms with van der Waals surface area (Å²) in [7, 11) is 1.74. The Hall–Kier alpha value is -1.58. The fraction of sp³-hybridized carbons (Fsp3) is 0.400. The lowest BCUT2D eigenvalue weighted by Crippen LogP contribution is -2.28. The van der Waals surface area contributed by atoms with Gasteiger partial charge in [-0.15, -0.1) is 0 Å². The third-order valence-electron chi connectivity index (χ3n) is 2.37. The molecule has 4 heteroatoms. The molecule has 0 atom stereocenters.